The molecule has 2 aromatic rings. The molecule has 0 spiro atoms. The van der Waals surface area contributed by atoms with E-state index in [0.29, 0.717) is 5.92 Å². The van der Waals surface area contributed by atoms with Crippen LogP contribution >= 0.6 is 43.2 Å². The van der Waals surface area contributed by atoms with E-state index in [1.54, 1.807) is 11.3 Å². The zero-order chi connectivity index (χ0) is 14.1. The summed E-state index contributed by atoms with van der Waals surface area (Å²) in [4.78, 5) is 10.6. The Labute approximate surface area is 139 Å². The fraction of sp³-hybridized carbons (Fsp3) is 0.429. The Morgan fingerprint density at radius 2 is 2.00 bits per heavy atom. The molecule has 2 heterocycles. The van der Waals surface area contributed by atoms with Gasteiger partial charge in [-0.3, -0.25) is 0 Å². The van der Waals surface area contributed by atoms with Gasteiger partial charge in [0.15, 0.2) is 5.82 Å². The lowest BCUT2D eigenvalue weighted by atomic mass is 10.0. The van der Waals surface area contributed by atoms with Crippen LogP contribution in [0.4, 0.5) is 5.82 Å². The third kappa shape index (κ3) is 2.78. The zero-order valence-electron chi connectivity index (χ0n) is 11.1. The van der Waals surface area contributed by atoms with Gasteiger partial charge in [-0.05, 0) is 50.8 Å². The maximum absolute atomic E-state index is 4.84. The molecule has 3 nitrogen and oxygen atoms in total. The summed E-state index contributed by atoms with van der Waals surface area (Å²) >= 11 is 8.83. The van der Waals surface area contributed by atoms with Crippen molar-refractivity contribution in [2.75, 3.05) is 12.4 Å². The molecule has 0 bridgehead atoms. The molecule has 0 saturated heterocycles. The van der Waals surface area contributed by atoms with Crippen molar-refractivity contribution >= 4 is 49.0 Å². The molecule has 20 heavy (non-hydrogen) atoms. The fourth-order valence-electron chi connectivity index (χ4n) is 2.64. The minimum absolute atomic E-state index is 0.557. The van der Waals surface area contributed by atoms with Crippen LogP contribution in [0.15, 0.2) is 20.4 Å². The van der Waals surface area contributed by atoms with Crippen LogP contribution in [-0.2, 0) is 0 Å². The number of hydrogen-bond donors (Lipinski definition) is 1. The largest absolute Gasteiger partial charge is 0.372 e. The quantitative estimate of drug-likeness (QED) is 0.724. The average Bonchev–Trinajstić information content (AvgIpc) is 3.10. The SMILES string of the molecule is CNc1nc(-c2cc(Br)cs2)nc(C2CCCC2)c1Br. The van der Waals surface area contributed by atoms with Gasteiger partial charge in [-0.25, -0.2) is 9.97 Å². The fourth-order valence-corrected chi connectivity index (χ4v) is 4.70. The Hall–Kier alpha value is -0.460. The number of nitrogens with one attached hydrogen (secondary N) is 1. The second kappa shape index (κ2) is 6.12. The first-order chi connectivity index (χ1) is 9.69. The van der Waals surface area contributed by atoms with Crippen molar-refractivity contribution in [3.63, 3.8) is 0 Å². The molecule has 1 fully saturated rings. The maximum atomic E-state index is 4.84. The molecule has 106 valence electrons. The maximum Gasteiger partial charge on any atom is 0.171 e. The van der Waals surface area contributed by atoms with Gasteiger partial charge in [-0.15, -0.1) is 11.3 Å². The molecule has 0 aliphatic heterocycles. The highest BCUT2D eigenvalue weighted by molar-refractivity contribution is 9.11. The second-order valence-corrected chi connectivity index (χ2v) is 7.58. The summed E-state index contributed by atoms with van der Waals surface area (Å²) in [5.74, 6) is 2.25. The van der Waals surface area contributed by atoms with Crippen molar-refractivity contribution in [2.24, 2.45) is 0 Å². The Bertz CT molecular complexity index is 621. The van der Waals surface area contributed by atoms with E-state index < -0.39 is 0 Å². The van der Waals surface area contributed by atoms with Gasteiger partial charge in [0.05, 0.1) is 15.0 Å². The lowest BCUT2D eigenvalue weighted by Crippen LogP contribution is -2.05. The molecule has 2 aromatic heterocycles. The summed E-state index contributed by atoms with van der Waals surface area (Å²) in [7, 11) is 1.90. The molecule has 0 atom stereocenters. The van der Waals surface area contributed by atoms with Crippen molar-refractivity contribution in [3.8, 4) is 10.7 Å². The Balaban J connectivity index is 2.09. The van der Waals surface area contributed by atoms with E-state index in [2.05, 4.69) is 53.6 Å². The Morgan fingerprint density at radius 1 is 1.25 bits per heavy atom. The van der Waals surface area contributed by atoms with Crippen molar-refractivity contribution < 1.29 is 0 Å². The highest BCUT2D eigenvalue weighted by Crippen LogP contribution is 2.40. The number of rotatable bonds is 3. The summed E-state index contributed by atoms with van der Waals surface area (Å²) in [5.41, 5.74) is 1.15. The van der Waals surface area contributed by atoms with Crippen LogP contribution in [0.3, 0.4) is 0 Å². The summed E-state index contributed by atoms with van der Waals surface area (Å²) in [6.45, 7) is 0. The van der Waals surface area contributed by atoms with Crippen LogP contribution in [0.2, 0.25) is 0 Å². The molecule has 0 aromatic carbocycles. The van der Waals surface area contributed by atoms with Crippen molar-refractivity contribution in [3.05, 3.63) is 26.1 Å². The van der Waals surface area contributed by atoms with Crippen LogP contribution in [0.1, 0.15) is 37.3 Å². The van der Waals surface area contributed by atoms with Gasteiger partial charge in [0.1, 0.15) is 5.82 Å². The smallest absolute Gasteiger partial charge is 0.171 e. The number of halogens is 2. The van der Waals surface area contributed by atoms with Gasteiger partial charge in [0.25, 0.3) is 0 Å². The lowest BCUT2D eigenvalue weighted by molar-refractivity contribution is 0.691. The second-order valence-electron chi connectivity index (χ2n) is 4.96. The number of aromatic nitrogens is 2. The highest BCUT2D eigenvalue weighted by atomic mass is 79.9. The lowest BCUT2D eigenvalue weighted by Gasteiger charge is -2.14. The molecular weight excluding hydrogens is 402 g/mol. The van der Waals surface area contributed by atoms with Crippen LogP contribution < -0.4 is 5.32 Å². The average molecular weight is 417 g/mol. The summed E-state index contributed by atoms with van der Waals surface area (Å²) in [5, 5.41) is 5.24. The van der Waals surface area contributed by atoms with E-state index >= 15 is 0 Å². The van der Waals surface area contributed by atoms with Gasteiger partial charge >= 0.3 is 0 Å². The van der Waals surface area contributed by atoms with E-state index in [1.807, 2.05) is 7.05 Å². The normalized spacial score (nSPS) is 15.8. The predicted octanol–water partition coefficient (Wildman–Crippen LogP) is 5.43. The third-order valence-electron chi connectivity index (χ3n) is 3.64. The molecule has 6 heteroatoms. The van der Waals surface area contributed by atoms with Crippen molar-refractivity contribution in [2.45, 2.75) is 31.6 Å². The Morgan fingerprint density at radius 3 is 2.60 bits per heavy atom. The van der Waals surface area contributed by atoms with E-state index in [4.69, 9.17) is 4.98 Å². The van der Waals surface area contributed by atoms with E-state index in [9.17, 15) is 0 Å². The predicted molar refractivity (Wildman–Crippen MR) is 91.5 cm³/mol. The van der Waals surface area contributed by atoms with Crippen molar-refractivity contribution in [1.82, 2.24) is 9.97 Å². The van der Waals surface area contributed by atoms with Crippen molar-refractivity contribution in [1.29, 1.82) is 0 Å². The zero-order valence-corrected chi connectivity index (χ0v) is 15.1. The summed E-state index contributed by atoms with van der Waals surface area (Å²) in [6.07, 6.45) is 5.06. The molecule has 0 amide bonds. The first-order valence-electron chi connectivity index (χ1n) is 6.68. The molecule has 0 unspecified atom stereocenters. The van der Waals surface area contributed by atoms with E-state index in [1.165, 1.54) is 25.7 Å². The summed E-state index contributed by atoms with van der Waals surface area (Å²) < 4.78 is 2.10. The van der Waals surface area contributed by atoms with Gasteiger partial charge < -0.3 is 5.32 Å². The first-order valence-corrected chi connectivity index (χ1v) is 9.15. The third-order valence-corrected chi connectivity index (χ3v) is 6.11. The molecule has 1 saturated carbocycles. The van der Waals surface area contributed by atoms with Gasteiger partial charge in [-0.1, -0.05) is 12.8 Å². The van der Waals surface area contributed by atoms with Crippen LogP contribution in [0, 0.1) is 0 Å². The van der Waals surface area contributed by atoms with Gasteiger partial charge in [0.2, 0.25) is 0 Å². The number of anilines is 1. The minimum Gasteiger partial charge on any atom is -0.372 e. The molecular formula is C14H15Br2N3S. The molecule has 1 N–H and O–H groups in total. The molecule has 3 rings (SSSR count). The van der Waals surface area contributed by atoms with Gasteiger partial charge in [0, 0.05) is 22.8 Å². The van der Waals surface area contributed by atoms with Crippen LogP contribution in [0.5, 0.6) is 0 Å². The van der Waals surface area contributed by atoms with E-state index in [-0.39, 0.29) is 0 Å². The molecule has 0 radical (unpaired) electrons. The molecule has 1 aliphatic rings. The van der Waals surface area contributed by atoms with Gasteiger partial charge in [-0.2, -0.15) is 0 Å². The standard InChI is InChI=1S/C14H15Br2N3S/c1-17-14-11(16)12(8-4-2-3-5-8)18-13(19-14)10-6-9(15)7-20-10/h6-8H,2-5H2,1H3,(H,17,18,19). The number of thiophene rings is 1. The highest BCUT2D eigenvalue weighted by Gasteiger charge is 2.24. The van der Waals surface area contributed by atoms with Crippen LogP contribution in [-0.4, -0.2) is 17.0 Å². The molecule has 1 aliphatic carbocycles. The summed E-state index contributed by atoms with van der Waals surface area (Å²) in [6, 6.07) is 2.08. The number of nitrogens with zero attached hydrogens (tertiary/aromatic N) is 2. The number of hydrogen-bond acceptors (Lipinski definition) is 4. The first kappa shape index (κ1) is 14.5. The van der Waals surface area contributed by atoms with Crippen LogP contribution in [0.25, 0.3) is 10.7 Å². The minimum atomic E-state index is 0.557. The Kier molecular flexibility index (Phi) is 4.43. The monoisotopic (exact) mass is 415 g/mol. The van der Waals surface area contributed by atoms with E-state index in [0.717, 1.165) is 31.2 Å². The topological polar surface area (TPSA) is 37.8 Å².